The van der Waals surface area contributed by atoms with Gasteiger partial charge in [0.15, 0.2) is 0 Å². The lowest BCUT2D eigenvalue weighted by Gasteiger charge is -2.09. The minimum atomic E-state index is -2.84. The van der Waals surface area contributed by atoms with Crippen molar-refractivity contribution in [3.8, 4) is 28.0 Å². The molecule has 0 N–H and O–H groups in total. The van der Waals surface area contributed by atoms with E-state index in [-0.39, 0.29) is 11.6 Å². The van der Waals surface area contributed by atoms with Gasteiger partial charge in [-0.1, -0.05) is 100 Å². The number of rotatable bonds is 13. The van der Waals surface area contributed by atoms with Crippen LogP contribution in [-0.2, 0) is 6.42 Å². The van der Waals surface area contributed by atoms with Crippen molar-refractivity contribution in [1.82, 2.24) is 0 Å². The van der Waals surface area contributed by atoms with Crippen molar-refractivity contribution in [3.63, 3.8) is 0 Å². The van der Waals surface area contributed by atoms with Gasteiger partial charge in [0, 0.05) is 5.56 Å². The van der Waals surface area contributed by atoms with Crippen LogP contribution in [0.25, 0.3) is 22.3 Å². The highest BCUT2D eigenvalue weighted by atomic mass is 19.3. The molecule has 0 radical (unpaired) electrons. The van der Waals surface area contributed by atoms with E-state index in [1.54, 1.807) is 18.2 Å². The SMILES string of the molecule is CCCCCCCCCCc1ccc(-c2ccc(-c3ccc(OC(F)F)cc3)cc2)c(F)c1. The van der Waals surface area contributed by atoms with E-state index >= 15 is 0 Å². The minimum absolute atomic E-state index is 0.125. The third-order valence-electron chi connectivity index (χ3n) is 5.96. The van der Waals surface area contributed by atoms with Crippen molar-refractivity contribution in [1.29, 1.82) is 0 Å². The summed E-state index contributed by atoms with van der Waals surface area (Å²) in [6.45, 7) is -0.602. The minimum Gasteiger partial charge on any atom is -0.435 e. The molecular weight excluding hydrogens is 421 g/mol. The molecule has 4 heteroatoms. The van der Waals surface area contributed by atoms with Crippen LogP contribution >= 0.6 is 0 Å². The second kappa shape index (κ2) is 13.1. The number of benzene rings is 3. The third-order valence-corrected chi connectivity index (χ3v) is 5.96. The van der Waals surface area contributed by atoms with Crippen LogP contribution < -0.4 is 4.74 Å². The molecule has 3 aromatic rings. The van der Waals surface area contributed by atoms with Gasteiger partial charge in [0.2, 0.25) is 0 Å². The Morgan fingerprint density at radius 2 is 1.21 bits per heavy atom. The Balaban J connectivity index is 1.53. The van der Waals surface area contributed by atoms with E-state index < -0.39 is 6.61 Å². The highest BCUT2D eigenvalue weighted by Gasteiger charge is 2.08. The number of alkyl halides is 2. The maximum Gasteiger partial charge on any atom is 0.387 e. The molecule has 0 aliphatic rings. The Labute approximate surface area is 195 Å². The monoisotopic (exact) mass is 454 g/mol. The molecule has 3 rings (SSSR count). The first-order chi connectivity index (χ1) is 16.1. The van der Waals surface area contributed by atoms with Crippen LogP contribution in [0.15, 0.2) is 66.7 Å². The molecule has 1 nitrogen and oxygen atoms in total. The van der Waals surface area contributed by atoms with Crippen molar-refractivity contribution in [2.24, 2.45) is 0 Å². The highest BCUT2D eigenvalue weighted by Crippen LogP contribution is 2.29. The van der Waals surface area contributed by atoms with Crippen molar-refractivity contribution in [2.75, 3.05) is 0 Å². The van der Waals surface area contributed by atoms with E-state index in [2.05, 4.69) is 11.7 Å². The fraction of sp³-hybridized carbons (Fsp3) is 0.379. The normalized spacial score (nSPS) is 11.2. The Morgan fingerprint density at radius 3 is 1.79 bits per heavy atom. The summed E-state index contributed by atoms with van der Waals surface area (Å²) in [6.07, 6.45) is 11.1. The van der Waals surface area contributed by atoms with Gasteiger partial charge >= 0.3 is 6.61 Å². The van der Waals surface area contributed by atoms with Crippen LogP contribution in [0.4, 0.5) is 13.2 Å². The summed E-state index contributed by atoms with van der Waals surface area (Å²) < 4.78 is 43.8. The van der Waals surface area contributed by atoms with Crippen molar-refractivity contribution in [2.45, 2.75) is 71.3 Å². The molecule has 0 saturated heterocycles. The van der Waals surface area contributed by atoms with Gasteiger partial charge in [0.05, 0.1) is 0 Å². The molecule has 0 unspecified atom stereocenters. The zero-order valence-electron chi connectivity index (χ0n) is 19.3. The Bertz CT molecular complexity index is 965. The molecule has 0 aromatic heterocycles. The van der Waals surface area contributed by atoms with Crippen molar-refractivity contribution >= 4 is 0 Å². The molecule has 0 bridgehead atoms. The van der Waals surface area contributed by atoms with Crippen LogP contribution in [0.3, 0.4) is 0 Å². The number of unbranched alkanes of at least 4 members (excludes halogenated alkanes) is 7. The number of hydrogen-bond acceptors (Lipinski definition) is 1. The molecule has 33 heavy (non-hydrogen) atoms. The second-order valence-electron chi connectivity index (χ2n) is 8.52. The summed E-state index contributed by atoms with van der Waals surface area (Å²) in [6, 6.07) is 19.6. The lowest BCUT2D eigenvalue weighted by atomic mass is 9.98. The standard InChI is InChI=1S/C29H33F3O/c1-2-3-4-5-6-7-8-9-10-22-11-20-27(28(30)21-22)25-14-12-23(13-15-25)24-16-18-26(19-17-24)33-29(31)32/h11-21,29H,2-10H2,1H3. The first kappa shape index (κ1) is 24.9. The van der Waals surface area contributed by atoms with Gasteiger partial charge in [-0.15, -0.1) is 0 Å². The van der Waals surface area contributed by atoms with Crippen LogP contribution in [0.1, 0.15) is 63.9 Å². The fourth-order valence-corrected chi connectivity index (χ4v) is 4.08. The number of hydrogen-bond donors (Lipinski definition) is 0. The summed E-state index contributed by atoms with van der Waals surface area (Å²) in [5.41, 5.74) is 4.25. The van der Waals surface area contributed by atoms with Crippen LogP contribution in [0.5, 0.6) is 5.75 Å². The topological polar surface area (TPSA) is 9.23 Å². The molecule has 3 aromatic carbocycles. The molecule has 0 heterocycles. The van der Waals surface area contributed by atoms with Gasteiger partial charge in [-0.25, -0.2) is 4.39 Å². The van der Waals surface area contributed by atoms with Gasteiger partial charge in [-0.2, -0.15) is 8.78 Å². The number of ether oxygens (including phenoxy) is 1. The fourth-order valence-electron chi connectivity index (χ4n) is 4.08. The first-order valence-corrected chi connectivity index (χ1v) is 12.0. The molecule has 0 amide bonds. The van der Waals surface area contributed by atoms with Crippen LogP contribution in [0, 0.1) is 5.82 Å². The Hall–Kier alpha value is -2.75. The Kier molecular flexibility index (Phi) is 9.86. The van der Waals surface area contributed by atoms with Gasteiger partial charge in [-0.3, -0.25) is 0 Å². The van der Waals surface area contributed by atoms with E-state index in [1.165, 1.54) is 57.1 Å². The average Bonchev–Trinajstić information content (AvgIpc) is 2.81. The van der Waals surface area contributed by atoms with Gasteiger partial charge in [0.1, 0.15) is 11.6 Å². The molecule has 0 saturated carbocycles. The predicted octanol–water partition coefficient (Wildman–Crippen LogP) is 9.44. The van der Waals surface area contributed by atoms with Gasteiger partial charge in [-0.05, 0) is 53.3 Å². The van der Waals surface area contributed by atoms with Crippen LogP contribution in [-0.4, -0.2) is 6.61 Å². The summed E-state index contributed by atoms with van der Waals surface area (Å²) in [7, 11) is 0. The van der Waals surface area contributed by atoms with E-state index in [4.69, 9.17) is 0 Å². The lowest BCUT2D eigenvalue weighted by molar-refractivity contribution is -0.0498. The van der Waals surface area contributed by atoms with Gasteiger partial charge in [0.25, 0.3) is 0 Å². The quantitative estimate of drug-likeness (QED) is 0.234. The van der Waals surface area contributed by atoms with E-state index in [0.717, 1.165) is 35.1 Å². The predicted molar refractivity (Wildman–Crippen MR) is 130 cm³/mol. The van der Waals surface area contributed by atoms with E-state index in [9.17, 15) is 13.2 Å². The summed E-state index contributed by atoms with van der Waals surface area (Å²) in [4.78, 5) is 0. The Morgan fingerprint density at radius 1 is 0.667 bits per heavy atom. The largest absolute Gasteiger partial charge is 0.435 e. The molecule has 176 valence electrons. The summed E-state index contributed by atoms with van der Waals surface area (Å²) in [5.74, 6) is -0.0761. The lowest BCUT2D eigenvalue weighted by Crippen LogP contribution is -2.01. The first-order valence-electron chi connectivity index (χ1n) is 12.0. The van der Waals surface area contributed by atoms with E-state index in [0.29, 0.717) is 5.56 Å². The molecule has 0 aliphatic carbocycles. The summed E-state index contributed by atoms with van der Waals surface area (Å²) in [5, 5.41) is 0. The third kappa shape index (κ3) is 7.96. The highest BCUT2D eigenvalue weighted by molar-refractivity contribution is 5.71. The molecule has 0 atom stereocenters. The molecule has 0 spiro atoms. The van der Waals surface area contributed by atoms with Gasteiger partial charge < -0.3 is 4.74 Å². The van der Waals surface area contributed by atoms with Crippen LogP contribution in [0.2, 0.25) is 0 Å². The van der Waals surface area contributed by atoms with E-state index in [1.807, 2.05) is 36.4 Å². The zero-order valence-corrected chi connectivity index (χ0v) is 19.3. The maximum absolute atomic E-state index is 14.8. The average molecular weight is 455 g/mol. The van der Waals surface area contributed by atoms with Crippen molar-refractivity contribution in [3.05, 3.63) is 78.1 Å². The maximum atomic E-state index is 14.8. The smallest absolute Gasteiger partial charge is 0.387 e. The number of aryl methyl sites for hydroxylation is 1. The second-order valence-corrected chi connectivity index (χ2v) is 8.52. The molecule has 0 fully saturated rings. The summed E-state index contributed by atoms with van der Waals surface area (Å²) >= 11 is 0. The number of halogens is 3. The zero-order chi connectivity index (χ0) is 23.5. The van der Waals surface area contributed by atoms with Crippen molar-refractivity contribution < 1.29 is 17.9 Å². The molecular formula is C29H33F3O. The molecule has 0 aliphatic heterocycles.